The molecule has 1 aliphatic rings. The normalized spacial score (nSPS) is 15.9. The summed E-state index contributed by atoms with van der Waals surface area (Å²) in [6, 6.07) is 14.1. The number of hydrogen-bond acceptors (Lipinski definition) is 4. The second kappa shape index (κ2) is 8.54. The maximum absolute atomic E-state index is 14.3. The molecule has 0 fully saturated rings. The minimum absolute atomic E-state index is 0.0882. The number of rotatable bonds is 6. The second-order valence-corrected chi connectivity index (χ2v) is 9.96. The highest BCUT2D eigenvalue weighted by molar-refractivity contribution is 7.08. The third-order valence-corrected chi connectivity index (χ3v) is 6.88. The molecule has 33 heavy (non-hydrogen) atoms. The molecule has 2 N–H and O–H groups in total. The number of thiophene rings is 1. The van der Waals surface area contributed by atoms with Crippen LogP contribution in [0.5, 0.6) is 5.75 Å². The Morgan fingerprint density at radius 3 is 2.48 bits per heavy atom. The molecule has 1 aliphatic heterocycles. The van der Waals surface area contributed by atoms with Crippen molar-refractivity contribution in [1.82, 2.24) is 0 Å². The number of aliphatic hydroxyl groups is 1. The van der Waals surface area contributed by atoms with E-state index in [4.69, 9.17) is 0 Å². The molecule has 0 aliphatic carbocycles. The van der Waals surface area contributed by atoms with Crippen LogP contribution in [0.4, 0.5) is 18.9 Å². The van der Waals surface area contributed by atoms with Crippen molar-refractivity contribution >= 4 is 23.1 Å². The summed E-state index contributed by atoms with van der Waals surface area (Å²) in [4.78, 5) is 1.56. The van der Waals surface area contributed by atoms with Crippen LogP contribution in [0.2, 0.25) is 0 Å². The zero-order valence-electron chi connectivity index (χ0n) is 18.4. The lowest BCUT2D eigenvalue weighted by Crippen LogP contribution is -2.56. The van der Waals surface area contributed by atoms with Crippen molar-refractivity contribution in [3.8, 4) is 16.9 Å². The Bertz CT molecular complexity index is 1150. The Morgan fingerprint density at radius 1 is 1.03 bits per heavy atom. The molecule has 4 rings (SSSR count). The molecule has 0 saturated carbocycles. The lowest BCUT2D eigenvalue weighted by molar-refractivity contribution is -0.262. The van der Waals surface area contributed by atoms with Gasteiger partial charge in [-0.1, -0.05) is 50.3 Å². The molecule has 174 valence electrons. The summed E-state index contributed by atoms with van der Waals surface area (Å²) in [6.45, 7) is 2.92. The quantitative estimate of drug-likeness (QED) is 0.423. The molecule has 0 spiro atoms. The average Bonchev–Trinajstić information content (AvgIpc) is 3.28. The first-order chi connectivity index (χ1) is 15.5. The molecule has 3 aromatic rings. The lowest BCUT2D eigenvalue weighted by Gasteiger charge is -2.42. The first-order valence-corrected chi connectivity index (χ1v) is 11.6. The number of β-amino-alcohol motifs (C(OH)–C–C–N with tert-alkyl or cyclic N) is 1. The monoisotopic (exact) mass is 473 g/mol. The Balaban J connectivity index is 1.68. The van der Waals surface area contributed by atoms with E-state index in [9.17, 15) is 23.4 Å². The third-order valence-electron chi connectivity index (χ3n) is 6.20. The van der Waals surface area contributed by atoms with Crippen LogP contribution in [0.15, 0.2) is 65.4 Å². The topological polar surface area (TPSA) is 43.7 Å². The summed E-state index contributed by atoms with van der Waals surface area (Å²) >= 11 is 1.52. The summed E-state index contributed by atoms with van der Waals surface area (Å²) in [6.07, 6.45) is -1.80. The zero-order valence-corrected chi connectivity index (χ0v) is 19.2. The largest absolute Gasteiger partial charge is 0.508 e. The molecule has 7 heteroatoms. The zero-order chi connectivity index (χ0) is 23.9. The summed E-state index contributed by atoms with van der Waals surface area (Å²) < 4.78 is 43.0. The van der Waals surface area contributed by atoms with Crippen LogP contribution in [0, 0.1) is 0 Å². The van der Waals surface area contributed by atoms with Crippen molar-refractivity contribution in [2.45, 2.75) is 37.5 Å². The number of phenolic OH excluding ortho intramolecular Hbond substituents is 1. The minimum Gasteiger partial charge on any atom is -0.508 e. The Labute approximate surface area is 195 Å². The first kappa shape index (κ1) is 23.4. The maximum atomic E-state index is 14.3. The van der Waals surface area contributed by atoms with E-state index in [-0.39, 0.29) is 12.3 Å². The highest BCUT2D eigenvalue weighted by Gasteiger charge is 2.57. The van der Waals surface area contributed by atoms with Gasteiger partial charge < -0.3 is 15.1 Å². The van der Waals surface area contributed by atoms with E-state index in [2.05, 4.69) is 0 Å². The van der Waals surface area contributed by atoms with Crippen LogP contribution >= 0.6 is 11.3 Å². The molecule has 2 aromatic carbocycles. The van der Waals surface area contributed by atoms with E-state index < -0.39 is 30.2 Å². The minimum atomic E-state index is -4.86. The lowest BCUT2D eigenvalue weighted by atomic mass is 9.73. The van der Waals surface area contributed by atoms with Gasteiger partial charge in [-0.15, -0.1) is 0 Å². The van der Waals surface area contributed by atoms with Gasteiger partial charge in [0.05, 0.1) is 6.54 Å². The van der Waals surface area contributed by atoms with Crippen LogP contribution < -0.4 is 4.90 Å². The van der Waals surface area contributed by atoms with Crippen molar-refractivity contribution in [1.29, 1.82) is 0 Å². The van der Waals surface area contributed by atoms with Gasteiger partial charge in [0.2, 0.25) is 0 Å². The number of phenols is 1. The molecular weight excluding hydrogens is 447 g/mol. The van der Waals surface area contributed by atoms with Crippen molar-refractivity contribution in [3.63, 3.8) is 0 Å². The Morgan fingerprint density at radius 2 is 1.79 bits per heavy atom. The number of alkyl halides is 3. The number of fused-ring (bicyclic) bond motifs is 1. The van der Waals surface area contributed by atoms with E-state index in [1.54, 1.807) is 49.1 Å². The molecular formula is C26H26F3NO2S. The van der Waals surface area contributed by atoms with Crippen LogP contribution in [0.3, 0.4) is 0 Å². The summed E-state index contributed by atoms with van der Waals surface area (Å²) in [5.41, 5.74) is -0.572. The van der Waals surface area contributed by atoms with Crippen molar-refractivity contribution < 1.29 is 23.4 Å². The number of hydrogen-bond donors (Lipinski definition) is 2. The predicted octanol–water partition coefficient (Wildman–Crippen LogP) is 6.62. The van der Waals surface area contributed by atoms with Crippen molar-refractivity contribution in [2.75, 3.05) is 18.0 Å². The highest BCUT2D eigenvalue weighted by Crippen LogP contribution is 2.45. The standard InChI is InChI=1S/C26H26F3NO2S/c1-24(2,21-14-19(9-10-23(21)31)20-11-13-33-15-20)16-25(32,26(27,28)29)17-30-12-5-7-18-6-3-4-8-22(18)30/h3-11,13-15,31-32H,12,16-17H2,1-2H3. The van der Waals surface area contributed by atoms with Crippen LogP contribution in [-0.4, -0.2) is 35.1 Å². The van der Waals surface area contributed by atoms with E-state index in [1.165, 1.54) is 17.4 Å². The molecule has 0 bridgehead atoms. The van der Waals surface area contributed by atoms with E-state index in [1.807, 2.05) is 35.0 Å². The number of para-hydroxylation sites is 1. The molecule has 1 aromatic heterocycles. The van der Waals surface area contributed by atoms with Gasteiger partial charge in [0.15, 0.2) is 5.60 Å². The molecule has 1 atom stereocenters. The molecule has 0 radical (unpaired) electrons. The van der Waals surface area contributed by atoms with Gasteiger partial charge >= 0.3 is 6.18 Å². The third kappa shape index (κ3) is 4.66. The number of halogens is 3. The van der Waals surface area contributed by atoms with Crippen molar-refractivity contribution in [2.24, 2.45) is 0 Å². The molecule has 1 unspecified atom stereocenters. The molecule has 2 heterocycles. The van der Waals surface area contributed by atoms with Gasteiger partial charge in [-0.05, 0) is 63.6 Å². The van der Waals surface area contributed by atoms with Gasteiger partial charge in [-0.3, -0.25) is 0 Å². The second-order valence-electron chi connectivity index (χ2n) is 9.18. The Kier molecular flexibility index (Phi) is 6.05. The van der Waals surface area contributed by atoms with Gasteiger partial charge in [0, 0.05) is 17.8 Å². The highest BCUT2D eigenvalue weighted by atomic mass is 32.1. The molecule has 0 amide bonds. The summed E-state index contributed by atoms with van der Waals surface area (Å²) in [5, 5.41) is 25.5. The van der Waals surface area contributed by atoms with Crippen LogP contribution in [0.25, 0.3) is 17.2 Å². The number of benzene rings is 2. The number of aromatic hydroxyl groups is 1. The Hall–Kier alpha value is -2.77. The summed E-state index contributed by atoms with van der Waals surface area (Å²) in [7, 11) is 0. The van der Waals surface area contributed by atoms with Gasteiger partial charge in [0.1, 0.15) is 5.75 Å². The van der Waals surface area contributed by atoms with Gasteiger partial charge in [-0.25, -0.2) is 0 Å². The van der Waals surface area contributed by atoms with Crippen LogP contribution in [0.1, 0.15) is 31.4 Å². The van der Waals surface area contributed by atoms with E-state index >= 15 is 0 Å². The van der Waals surface area contributed by atoms with E-state index in [0.29, 0.717) is 11.3 Å². The van der Waals surface area contributed by atoms with Crippen molar-refractivity contribution in [3.05, 3.63) is 76.5 Å². The predicted molar refractivity (Wildman–Crippen MR) is 128 cm³/mol. The fraction of sp³-hybridized carbons (Fsp3) is 0.308. The average molecular weight is 474 g/mol. The summed E-state index contributed by atoms with van der Waals surface area (Å²) in [5.74, 6) is -0.0882. The smallest absolute Gasteiger partial charge is 0.418 e. The molecule has 3 nitrogen and oxygen atoms in total. The fourth-order valence-corrected chi connectivity index (χ4v) is 5.21. The first-order valence-electron chi connectivity index (χ1n) is 10.7. The van der Waals surface area contributed by atoms with Gasteiger partial charge in [-0.2, -0.15) is 24.5 Å². The van der Waals surface area contributed by atoms with Crippen LogP contribution in [-0.2, 0) is 5.41 Å². The van der Waals surface area contributed by atoms with Gasteiger partial charge in [0.25, 0.3) is 0 Å². The number of nitrogens with zero attached hydrogens (tertiary/aromatic N) is 1. The molecule has 0 saturated heterocycles. The number of anilines is 1. The maximum Gasteiger partial charge on any atom is 0.418 e. The van der Waals surface area contributed by atoms with E-state index in [0.717, 1.165) is 16.7 Å². The SMILES string of the molecule is CC(C)(CC(O)(CN1CC=Cc2ccccc21)C(F)(F)F)c1cc(-c2ccsc2)ccc1O. The fourth-order valence-electron chi connectivity index (χ4n) is 4.55.